The van der Waals surface area contributed by atoms with Crippen molar-refractivity contribution in [3.05, 3.63) is 40.7 Å². The first-order valence-electron chi connectivity index (χ1n) is 6.38. The highest BCUT2D eigenvalue weighted by molar-refractivity contribution is 7.15. The van der Waals surface area contributed by atoms with Crippen molar-refractivity contribution < 1.29 is 14.3 Å². The second-order valence-corrected chi connectivity index (χ2v) is 5.83. The van der Waals surface area contributed by atoms with Gasteiger partial charge in [-0.3, -0.25) is 4.79 Å². The van der Waals surface area contributed by atoms with Crippen molar-refractivity contribution in [3.63, 3.8) is 0 Å². The number of aliphatic carboxylic acids is 1. The Hall–Kier alpha value is -1.95. The van der Waals surface area contributed by atoms with Crippen LogP contribution >= 0.6 is 11.3 Å². The van der Waals surface area contributed by atoms with E-state index in [9.17, 15) is 14.3 Å². The molecule has 6 heteroatoms. The third-order valence-electron chi connectivity index (χ3n) is 3.35. The summed E-state index contributed by atoms with van der Waals surface area (Å²) in [5.41, 5.74) is 1.42. The molecular formula is C14H13FN2O2S. The molecule has 2 aromatic rings. The van der Waals surface area contributed by atoms with Crippen LogP contribution in [0, 0.1) is 5.82 Å². The van der Waals surface area contributed by atoms with Crippen LogP contribution < -0.4 is 5.32 Å². The molecule has 0 saturated heterocycles. The fourth-order valence-corrected chi connectivity index (χ4v) is 3.45. The maximum absolute atomic E-state index is 12.8. The Balaban J connectivity index is 1.85. The maximum atomic E-state index is 12.8. The van der Waals surface area contributed by atoms with Gasteiger partial charge in [-0.25, -0.2) is 9.37 Å². The molecule has 20 heavy (non-hydrogen) atoms. The summed E-state index contributed by atoms with van der Waals surface area (Å²) in [7, 11) is 0. The maximum Gasteiger partial charge on any atom is 0.312 e. The molecule has 0 saturated carbocycles. The minimum absolute atomic E-state index is 0.292. The lowest BCUT2D eigenvalue weighted by Crippen LogP contribution is -2.17. The molecule has 0 fully saturated rings. The number of anilines is 2. The lowest BCUT2D eigenvalue weighted by Gasteiger charge is -2.16. The van der Waals surface area contributed by atoms with Crippen molar-refractivity contribution in [2.45, 2.75) is 25.2 Å². The Morgan fingerprint density at radius 2 is 2.15 bits per heavy atom. The number of hydrogen-bond acceptors (Lipinski definition) is 4. The smallest absolute Gasteiger partial charge is 0.312 e. The van der Waals surface area contributed by atoms with Crippen LogP contribution in [0.4, 0.5) is 15.2 Å². The topological polar surface area (TPSA) is 62.2 Å². The fourth-order valence-electron chi connectivity index (χ4n) is 2.37. The first-order chi connectivity index (χ1) is 9.63. The van der Waals surface area contributed by atoms with Crippen LogP contribution in [-0.4, -0.2) is 16.1 Å². The molecule has 0 aliphatic heterocycles. The number of halogens is 1. The van der Waals surface area contributed by atoms with E-state index in [1.807, 2.05) is 0 Å². The van der Waals surface area contributed by atoms with Crippen molar-refractivity contribution in [2.24, 2.45) is 0 Å². The minimum Gasteiger partial charge on any atom is -0.481 e. The van der Waals surface area contributed by atoms with Crippen LogP contribution in [0.1, 0.15) is 29.3 Å². The molecule has 1 heterocycles. The highest BCUT2D eigenvalue weighted by atomic mass is 32.1. The fraction of sp³-hybridized carbons (Fsp3) is 0.286. The molecule has 104 valence electrons. The number of carbonyl (C=O) groups is 1. The number of carboxylic acid groups (broad SMARTS) is 1. The monoisotopic (exact) mass is 292 g/mol. The number of nitrogens with zero attached hydrogens (tertiary/aromatic N) is 1. The van der Waals surface area contributed by atoms with E-state index in [4.69, 9.17) is 0 Å². The van der Waals surface area contributed by atoms with Gasteiger partial charge in [0.2, 0.25) is 0 Å². The Kier molecular flexibility index (Phi) is 3.40. The van der Waals surface area contributed by atoms with Crippen LogP contribution in [0.3, 0.4) is 0 Å². The van der Waals surface area contributed by atoms with E-state index in [1.165, 1.54) is 23.5 Å². The number of rotatable bonds is 3. The van der Waals surface area contributed by atoms with Gasteiger partial charge in [0, 0.05) is 10.6 Å². The number of aryl methyl sites for hydroxylation is 1. The zero-order chi connectivity index (χ0) is 14.1. The number of aromatic nitrogens is 1. The van der Waals surface area contributed by atoms with Gasteiger partial charge in [-0.05, 0) is 43.5 Å². The summed E-state index contributed by atoms with van der Waals surface area (Å²) in [4.78, 5) is 16.7. The summed E-state index contributed by atoms with van der Waals surface area (Å²) >= 11 is 1.48. The third kappa shape index (κ3) is 2.51. The summed E-state index contributed by atoms with van der Waals surface area (Å²) in [6.07, 6.45) is 2.39. The third-order valence-corrected chi connectivity index (χ3v) is 4.39. The number of benzene rings is 1. The minimum atomic E-state index is -0.815. The molecule has 4 nitrogen and oxygen atoms in total. The first kappa shape index (κ1) is 13.1. The second-order valence-electron chi connectivity index (χ2n) is 4.74. The van der Waals surface area contributed by atoms with Gasteiger partial charge in [0.25, 0.3) is 0 Å². The van der Waals surface area contributed by atoms with Crippen LogP contribution in [-0.2, 0) is 11.2 Å². The van der Waals surface area contributed by atoms with Crippen LogP contribution in [0.15, 0.2) is 24.3 Å². The number of fused-ring (bicyclic) bond motifs is 1. The Bertz CT molecular complexity index is 639. The number of carboxylic acids is 1. The van der Waals surface area contributed by atoms with E-state index in [1.54, 1.807) is 12.1 Å². The average Bonchev–Trinajstić information content (AvgIpc) is 2.83. The summed E-state index contributed by atoms with van der Waals surface area (Å²) in [6.45, 7) is 0. The van der Waals surface area contributed by atoms with Crippen LogP contribution in [0.2, 0.25) is 0 Å². The summed E-state index contributed by atoms with van der Waals surface area (Å²) < 4.78 is 12.8. The van der Waals surface area contributed by atoms with E-state index in [-0.39, 0.29) is 5.82 Å². The molecular weight excluding hydrogens is 279 g/mol. The van der Waals surface area contributed by atoms with Gasteiger partial charge < -0.3 is 10.4 Å². The zero-order valence-corrected chi connectivity index (χ0v) is 11.4. The van der Waals surface area contributed by atoms with Gasteiger partial charge in [0.05, 0.1) is 5.69 Å². The molecule has 1 aromatic carbocycles. The van der Waals surface area contributed by atoms with E-state index >= 15 is 0 Å². The van der Waals surface area contributed by atoms with Crippen molar-refractivity contribution in [1.82, 2.24) is 4.98 Å². The Morgan fingerprint density at radius 1 is 1.40 bits per heavy atom. The molecule has 3 rings (SSSR count). The van der Waals surface area contributed by atoms with E-state index in [0.717, 1.165) is 23.4 Å². The number of nitrogens with one attached hydrogen (secondary N) is 1. The molecule has 2 N–H and O–H groups in total. The summed E-state index contributed by atoms with van der Waals surface area (Å²) in [6, 6.07) is 6.00. The molecule has 0 bridgehead atoms. The predicted molar refractivity (Wildman–Crippen MR) is 75.1 cm³/mol. The lowest BCUT2D eigenvalue weighted by molar-refractivity contribution is -0.139. The van der Waals surface area contributed by atoms with E-state index in [2.05, 4.69) is 10.3 Å². The SMILES string of the molecule is O=C(O)C1CCCc2sc(Nc3ccc(F)cc3)nc21. The highest BCUT2D eigenvalue weighted by Gasteiger charge is 2.29. The normalized spacial score (nSPS) is 17.6. The quantitative estimate of drug-likeness (QED) is 0.908. The van der Waals surface area contributed by atoms with E-state index in [0.29, 0.717) is 17.2 Å². The molecule has 0 radical (unpaired) electrons. The summed E-state index contributed by atoms with van der Waals surface area (Å²) in [5, 5.41) is 13.0. The Morgan fingerprint density at radius 3 is 2.85 bits per heavy atom. The molecule has 1 aliphatic rings. The van der Waals surface area contributed by atoms with Crippen LogP contribution in [0.25, 0.3) is 0 Å². The lowest BCUT2D eigenvalue weighted by atomic mass is 9.91. The molecule has 0 spiro atoms. The van der Waals surface area contributed by atoms with Gasteiger partial charge >= 0.3 is 5.97 Å². The van der Waals surface area contributed by atoms with Gasteiger partial charge in [-0.15, -0.1) is 11.3 Å². The predicted octanol–water partition coefficient (Wildman–Crippen LogP) is 3.53. The van der Waals surface area contributed by atoms with Crippen molar-refractivity contribution in [2.75, 3.05) is 5.32 Å². The van der Waals surface area contributed by atoms with Gasteiger partial charge in [-0.1, -0.05) is 0 Å². The van der Waals surface area contributed by atoms with E-state index < -0.39 is 11.9 Å². The van der Waals surface area contributed by atoms with Crippen molar-refractivity contribution >= 4 is 28.1 Å². The van der Waals surface area contributed by atoms with Crippen LogP contribution in [0.5, 0.6) is 0 Å². The molecule has 1 atom stereocenters. The number of hydrogen-bond donors (Lipinski definition) is 2. The summed E-state index contributed by atoms with van der Waals surface area (Å²) in [5.74, 6) is -1.61. The molecule has 1 unspecified atom stereocenters. The first-order valence-corrected chi connectivity index (χ1v) is 7.20. The Labute approximate surface area is 119 Å². The van der Waals surface area contributed by atoms with Crippen molar-refractivity contribution in [1.29, 1.82) is 0 Å². The van der Waals surface area contributed by atoms with Gasteiger partial charge in [0.15, 0.2) is 5.13 Å². The average molecular weight is 292 g/mol. The molecule has 0 amide bonds. The highest BCUT2D eigenvalue weighted by Crippen LogP contribution is 2.37. The molecule has 1 aliphatic carbocycles. The van der Waals surface area contributed by atoms with Gasteiger partial charge in [0.1, 0.15) is 11.7 Å². The number of thiazole rings is 1. The zero-order valence-electron chi connectivity index (χ0n) is 10.6. The second kappa shape index (κ2) is 5.20. The van der Waals surface area contributed by atoms with Gasteiger partial charge in [-0.2, -0.15) is 0 Å². The van der Waals surface area contributed by atoms with Crippen molar-refractivity contribution in [3.8, 4) is 0 Å². The standard InChI is InChI=1S/C14H13FN2O2S/c15-8-4-6-9(7-5-8)16-14-17-12-10(13(18)19)2-1-3-11(12)20-14/h4-7,10H,1-3H2,(H,16,17)(H,18,19). The largest absolute Gasteiger partial charge is 0.481 e. The molecule has 1 aromatic heterocycles.